The molecular weight excluding hydrogens is 320 g/mol. The first-order chi connectivity index (χ1) is 11.6. The van der Waals surface area contributed by atoms with Crippen molar-refractivity contribution >= 4 is 29.4 Å². The number of nitrogens with two attached hydrogens (primary N) is 1. The van der Waals surface area contributed by atoms with E-state index in [9.17, 15) is 4.79 Å². The molecule has 0 aliphatic heterocycles. The molecule has 0 spiro atoms. The van der Waals surface area contributed by atoms with E-state index in [2.05, 4.69) is 5.32 Å². The molecule has 0 unspecified atom stereocenters. The van der Waals surface area contributed by atoms with Gasteiger partial charge in [-0.1, -0.05) is 79.0 Å². The van der Waals surface area contributed by atoms with Gasteiger partial charge in [-0.2, -0.15) is 0 Å². The van der Waals surface area contributed by atoms with Gasteiger partial charge in [-0.3, -0.25) is 0 Å². The minimum absolute atomic E-state index is 0.276. The molecule has 1 amide bonds. The number of rotatable bonds is 7. The Labute approximate surface area is 147 Å². The zero-order chi connectivity index (χ0) is 17.2. The zero-order valence-electron chi connectivity index (χ0n) is 13.3. The highest BCUT2D eigenvalue weighted by molar-refractivity contribution is 7.80. The van der Waals surface area contributed by atoms with Gasteiger partial charge in [-0.15, -0.1) is 0 Å². The fourth-order valence-corrected chi connectivity index (χ4v) is 2.15. The molecule has 24 heavy (non-hydrogen) atoms. The van der Waals surface area contributed by atoms with Crippen LogP contribution in [0.5, 0.6) is 0 Å². The van der Waals surface area contributed by atoms with E-state index in [4.69, 9.17) is 22.7 Å². The van der Waals surface area contributed by atoms with E-state index >= 15 is 0 Å². The van der Waals surface area contributed by atoms with Crippen molar-refractivity contribution in [2.45, 2.75) is 13.0 Å². The number of hydrogen-bond acceptors (Lipinski definition) is 3. The predicted molar refractivity (Wildman–Crippen MR) is 101 cm³/mol. The molecule has 0 heterocycles. The van der Waals surface area contributed by atoms with Gasteiger partial charge in [0.1, 0.15) is 11.6 Å². The highest BCUT2D eigenvalue weighted by Crippen LogP contribution is 2.06. The lowest BCUT2D eigenvalue weighted by molar-refractivity contribution is 0.140. The minimum Gasteiger partial charge on any atom is -0.445 e. The summed E-state index contributed by atoms with van der Waals surface area (Å²) in [4.78, 5) is 12.0. The summed E-state index contributed by atoms with van der Waals surface area (Å²) in [6.07, 6.45) is 4.29. The molecule has 0 fully saturated rings. The largest absolute Gasteiger partial charge is 0.445 e. The van der Waals surface area contributed by atoms with E-state index < -0.39 is 6.09 Å². The summed E-state index contributed by atoms with van der Waals surface area (Å²) < 4.78 is 5.13. The number of ether oxygens (including phenoxy) is 1. The van der Waals surface area contributed by atoms with Crippen LogP contribution in [0.3, 0.4) is 0 Å². The van der Waals surface area contributed by atoms with E-state index in [0.29, 0.717) is 11.5 Å². The van der Waals surface area contributed by atoms with Crippen LogP contribution in [-0.2, 0) is 11.3 Å². The van der Waals surface area contributed by atoms with Gasteiger partial charge in [0.2, 0.25) is 0 Å². The summed E-state index contributed by atoms with van der Waals surface area (Å²) in [5.41, 5.74) is 8.43. The lowest BCUT2D eigenvalue weighted by Crippen LogP contribution is -2.24. The molecule has 0 aliphatic rings. The molecule has 2 aromatic rings. The highest BCUT2D eigenvalue weighted by atomic mass is 32.1. The molecule has 0 saturated heterocycles. The number of carbonyl (C=O) groups excluding carboxylic acids is 1. The quantitative estimate of drug-likeness (QED) is 0.596. The molecule has 3 N–H and O–H groups in total. The Balaban J connectivity index is 1.65. The van der Waals surface area contributed by atoms with Gasteiger partial charge >= 0.3 is 6.09 Å². The second-order valence-corrected chi connectivity index (χ2v) is 5.61. The van der Waals surface area contributed by atoms with Crippen molar-refractivity contribution in [1.29, 1.82) is 0 Å². The lowest BCUT2D eigenvalue weighted by Gasteiger charge is -2.05. The third-order valence-electron chi connectivity index (χ3n) is 3.30. The predicted octanol–water partition coefficient (Wildman–Crippen LogP) is 3.65. The monoisotopic (exact) mass is 340 g/mol. The van der Waals surface area contributed by atoms with Gasteiger partial charge < -0.3 is 15.8 Å². The molecule has 0 aromatic heterocycles. The van der Waals surface area contributed by atoms with Gasteiger partial charge in [-0.05, 0) is 17.5 Å². The van der Waals surface area contributed by atoms with Crippen molar-refractivity contribution < 1.29 is 9.53 Å². The molecule has 2 rings (SSSR count). The maximum atomic E-state index is 11.6. The molecule has 0 radical (unpaired) electrons. The SMILES string of the molecule is NC(=S)c1ccc(C=CCCNC(=O)OCc2ccccc2)cc1. The number of nitrogens with one attached hydrogen (secondary N) is 1. The third-order valence-corrected chi connectivity index (χ3v) is 3.53. The van der Waals surface area contributed by atoms with Crippen LogP contribution >= 0.6 is 12.2 Å². The molecule has 5 heteroatoms. The van der Waals surface area contributed by atoms with E-state index in [1.807, 2.05) is 66.7 Å². The second-order valence-electron chi connectivity index (χ2n) is 5.17. The second kappa shape index (κ2) is 9.47. The first-order valence-electron chi connectivity index (χ1n) is 7.66. The van der Waals surface area contributed by atoms with Crippen LogP contribution in [0.1, 0.15) is 23.1 Å². The Bertz CT molecular complexity index is 697. The van der Waals surface area contributed by atoms with E-state index in [0.717, 1.165) is 23.1 Å². The Morgan fingerprint density at radius 2 is 1.83 bits per heavy atom. The van der Waals surface area contributed by atoms with Crippen LogP contribution < -0.4 is 11.1 Å². The summed E-state index contributed by atoms with van der Waals surface area (Å²) in [6.45, 7) is 0.799. The zero-order valence-corrected chi connectivity index (χ0v) is 14.1. The maximum Gasteiger partial charge on any atom is 0.407 e. The van der Waals surface area contributed by atoms with E-state index in [-0.39, 0.29) is 6.61 Å². The summed E-state index contributed by atoms with van der Waals surface area (Å²) >= 11 is 4.91. The fourth-order valence-electron chi connectivity index (χ4n) is 2.01. The van der Waals surface area contributed by atoms with E-state index in [1.165, 1.54) is 0 Å². The first-order valence-corrected chi connectivity index (χ1v) is 8.07. The average Bonchev–Trinajstić information content (AvgIpc) is 2.61. The van der Waals surface area contributed by atoms with Gasteiger partial charge in [0.25, 0.3) is 0 Å². The number of thiocarbonyl (C=S) groups is 1. The highest BCUT2D eigenvalue weighted by Gasteiger charge is 2.00. The summed E-state index contributed by atoms with van der Waals surface area (Å²) in [5, 5.41) is 2.72. The van der Waals surface area contributed by atoms with Crippen molar-refractivity contribution in [3.8, 4) is 0 Å². The smallest absolute Gasteiger partial charge is 0.407 e. The topological polar surface area (TPSA) is 64.3 Å². The van der Waals surface area contributed by atoms with Crippen molar-refractivity contribution in [3.63, 3.8) is 0 Å². The average molecular weight is 340 g/mol. The number of alkyl carbamates (subject to hydrolysis) is 1. The maximum absolute atomic E-state index is 11.6. The summed E-state index contributed by atoms with van der Waals surface area (Å²) in [6, 6.07) is 17.3. The molecule has 0 atom stereocenters. The standard InChI is InChI=1S/C19H20N2O2S/c20-18(24)17-11-9-15(10-12-17)6-4-5-13-21-19(22)23-14-16-7-2-1-3-8-16/h1-4,6-12H,5,13-14H2,(H2,20,24)(H,21,22). The van der Waals surface area contributed by atoms with Crippen LogP contribution in [0.4, 0.5) is 4.79 Å². The minimum atomic E-state index is -0.409. The van der Waals surface area contributed by atoms with E-state index in [1.54, 1.807) is 0 Å². The van der Waals surface area contributed by atoms with Crippen molar-refractivity contribution in [2.24, 2.45) is 5.73 Å². The normalized spacial score (nSPS) is 10.5. The van der Waals surface area contributed by atoms with Crippen LogP contribution in [-0.4, -0.2) is 17.6 Å². The van der Waals surface area contributed by atoms with Gasteiger partial charge in [0, 0.05) is 12.1 Å². The Hall–Kier alpha value is -2.66. The molecule has 0 saturated carbocycles. The van der Waals surface area contributed by atoms with Crippen LogP contribution in [0, 0.1) is 0 Å². The third kappa shape index (κ3) is 6.22. The van der Waals surface area contributed by atoms with Gasteiger partial charge in [-0.25, -0.2) is 4.79 Å². The molecule has 0 bridgehead atoms. The van der Waals surface area contributed by atoms with Crippen molar-refractivity contribution in [1.82, 2.24) is 5.32 Å². The molecule has 0 aliphatic carbocycles. The van der Waals surface area contributed by atoms with Gasteiger partial charge in [0.05, 0.1) is 0 Å². The van der Waals surface area contributed by atoms with Crippen LogP contribution in [0.2, 0.25) is 0 Å². The first kappa shape index (κ1) is 17.7. The number of hydrogen-bond donors (Lipinski definition) is 2. The molecule has 124 valence electrons. The van der Waals surface area contributed by atoms with Gasteiger partial charge in [0.15, 0.2) is 0 Å². The summed E-state index contributed by atoms with van der Waals surface area (Å²) in [5.74, 6) is 0. The lowest BCUT2D eigenvalue weighted by atomic mass is 10.1. The van der Waals surface area contributed by atoms with Crippen LogP contribution in [0.15, 0.2) is 60.7 Å². The Kier molecular flexibility index (Phi) is 6.98. The van der Waals surface area contributed by atoms with Crippen LogP contribution in [0.25, 0.3) is 6.08 Å². The van der Waals surface area contributed by atoms with Crippen molar-refractivity contribution in [3.05, 3.63) is 77.4 Å². The fraction of sp³-hybridized carbons (Fsp3) is 0.158. The Morgan fingerprint density at radius 1 is 1.12 bits per heavy atom. The Morgan fingerprint density at radius 3 is 2.50 bits per heavy atom. The molecule has 4 nitrogen and oxygen atoms in total. The number of amides is 1. The number of carbonyl (C=O) groups is 1. The molecular formula is C19H20N2O2S. The summed E-state index contributed by atoms with van der Waals surface area (Å²) in [7, 11) is 0. The number of benzene rings is 2. The van der Waals surface area contributed by atoms with Crippen molar-refractivity contribution in [2.75, 3.05) is 6.54 Å². The molecule has 2 aromatic carbocycles.